The minimum atomic E-state index is -1.96. The first-order valence-corrected chi connectivity index (χ1v) is 20.1. The van der Waals surface area contributed by atoms with Gasteiger partial charge >= 0.3 is 5.97 Å². The minimum absolute atomic E-state index is 0.0709. The number of ether oxygens (including phenoxy) is 7. The second kappa shape index (κ2) is 19.8. The Balaban J connectivity index is 2.22. The van der Waals surface area contributed by atoms with Crippen LogP contribution in [0, 0.1) is 29.1 Å². The van der Waals surface area contributed by atoms with E-state index in [1.165, 1.54) is 21.1 Å². The predicted octanol–water partition coefficient (Wildman–Crippen LogP) is 2.02. The van der Waals surface area contributed by atoms with E-state index in [0.29, 0.717) is 13.0 Å². The largest absolute Gasteiger partial charge is 0.459 e. The molecule has 18 atom stereocenters. The van der Waals surface area contributed by atoms with E-state index in [1.807, 2.05) is 25.8 Å². The van der Waals surface area contributed by atoms with E-state index in [-0.39, 0.29) is 31.8 Å². The van der Waals surface area contributed by atoms with Crippen molar-refractivity contribution in [1.82, 2.24) is 10.2 Å². The number of nitriles is 1. The molecule has 0 aliphatic carbocycles. The van der Waals surface area contributed by atoms with E-state index in [4.69, 9.17) is 33.2 Å². The summed E-state index contributed by atoms with van der Waals surface area (Å²) in [5, 5.41) is 57.8. The standard InChI is InChI=1S/C40H71N3O13/c1-14-28-40(10,49)32(45)25(6)42-35(47)21(2)19-39(9,51-13)34(56-37-30(44)27(18-22(3)52-37)43(11)17-15-16-41)23(4)31(24(5)36(48)54-28)55-29-20-38(8,50-12)33(46)26(7)53-29/h21-34,37,44-46,49H,14-15,17-20H2,1-13H3,(H,42,47)/t21-,22-,23+,24-,25-,26+,27+,28-,29+,30-,31+,32-,33+,34-,37+,38-,39-,40-/m1/s1. The van der Waals surface area contributed by atoms with Crippen LogP contribution in [0.1, 0.15) is 101 Å². The van der Waals surface area contributed by atoms with E-state index in [1.54, 1.807) is 48.5 Å². The summed E-state index contributed by atoms with van der Waals surface area (Å²) in [6.45, 7) is 17.3. The van der Waals surface area contributed by atoms with Crippen molar-refractivity contribution in [3.63, 3.8) is 0 Å². The van der Waals surface area contributed by atoms with Gasteiger partial charge in [0.15, 0.2) is 12.6 Å². The molecule has 3 saturated heterocycles. The Bertz CT molecular complexity index is 1330. The molecule has 0 radical (unpaired) electrons. The molecule has 0 saturated carbocycles. The van der Waals surface area contributed by atoms with Crippen molar-refractivity contribution in [2.24, 2.45) is 17.8 Å². The van der Waals surface area contributed by atoms with Gasteiger partial charge in [0.25, 0.3) is 0 Å². The maximum Gasteiger partial charge on any atom is 0.311 e. The number of aliphatic hydroxyl groups excluding tert-OH is 3. The fourth-order valence-corrected chi connectivity index (χ4v) is 8.73. The summed E-state index contributed by atoms with van der Waals surface area (Å²) in [6, 6.07) is 0.787. The average molecular weight is 802 g/mol. The molecule has 0 aromatic carbocycles. The molecule has 3 aliphatic rings. The lowest BCUT2D eigenvalue weighted by Crippen LogP contribution is -2.61. The Labute approximate surface area is 333 Å². The predicted molar refractivity (Wildman–Crippen MR) is 204 cm³/mol. The fourth-order valence-electron chi connectivity index (χ4n) is 8.73. The third-order valence-electron chi connectivity index (χ3n) is 12.6. The number of likely N-dealkylation sites (N-methyl/N-ethyl adjacent to an activating group) is 1. The molecule has 0 aromatic rings. The van der Waals surface area contributed by atoms with Crippen molar-refractivity contribution in [2.45, 2.75) is 192 Å². The summed E-state index contributed by atoms with van der Waals surface area (Å²) in [4.78, 5) is 30.0. The second-order valence-corrected chi connectivity index (χ2v) is 17.2. The molecule has 3 heterocycles. The number of nitrogens with zero attached hydrogens (tertiary/aromatic N) is 2. The molecular formula is C40H71N3O13. The van der Waals surface area contributed by atoms with Crippen LogP contribution >= 0.6 is 0 Å². The molecular weight excluding hydrogens is 730 g/mol. The van der Waals surface area contributed by atoms with Crippen molar-refractivity contribution >= 4 is 11.9 Å². The van der Waals surface area contributed by atoms with Gasteiger partial charge in [-0.25, -0.2) is 0 Å². The maximum atomic E-state index is 14.3. The van der Waals surface area contributed by atoms with Gasteiger partial charge in [-0.05, 0) is 74.8 Å². The molecule has 0 aromatic heterocycles. The zero-order chi connectivity index (χ0) is 42.5. The highest BCUT2D eigenvalue weighted by Gasteiger charge is 2.53. The third kappa shape index (κ3) is 10.8. The quantitative estimate of drug-likeness (QED) is 0.200. The van der Waals surface area contributed by atoms with E-state index >= 15 is 0 Å². The summed E-state index contributed by atoms with van der Waals surface area (Å²) in [5.74, 6) is -3.73. The number of hydrogen-bond donors (Lipinski definition) is 5. The summed E-state index contributed by atoms with van der Waals surface area (Å²) in [5.41, 5.74) is -4.32. The smallest absolute Gasteiger partial charge is 0.311 e. The van der Waals surface area contributed by atoms with Gasteiger partial charge in [0.2, 0.25) is 5.91 Å². The van der Waals surface area contributed by atoms with E-state index in [2.05, 4.69) is 11.4 Å². The van der Waals surface area contributed by atoms with Gasteiger partial charge < -0.3 is 58.9 Å². The highest BCUT2D eigenvalue weighted by molar-refractivity contribution is 5.78. The minimum Gasteiger partial charge on any atom is -0.459 e. The lowest BCUT2D eigenvalue weighted by atomic mass is 9.77. The van der Waals surface area contributed by atoms with Crippen LogP contribution in [0.15, 0.2) is 0 Å². The molecule has 0 spiro atoms. The van der Waals surface area contributed by atoms with Gasteiger partial charge in [0.05, 0.1) is 53.6 Å². The second-order valence-electron chi connectivity index (χ2n) is 17.2. The number of rotatable bonds is 10. The Morgan fingerprint density at radius 3 is 2.14 bits per heavy atom. The highest BCUT2D eigenvalue weighted by Crippen LogP contribution is 2.41. The van der Waals surface area contributed by atoms with Crippen molar-refractivity contribution in [1.29, 1.82) is 5.26 Å². The van der Waals surface area contributed by atoms with E-state index < -0.39 is 114 Å². The molecule has 324 valence electrons. The molecule has 5 N–H and O–H groups in total. The molecule has 0 unspecified atom stereocenters. The Morgan fingerprint density at radius 2 is 1.57 bits per heavy atom. The Kier molecular flexibility index (Phi) is 17.1. The first kappa shape index (κ1) is 48.4. The third-order valence-corrected chi connectivity index (χ3v) is 12.6. The summed E-state index contributed by atoms with van der Waals surface area (Å²) >= 11 is 0. The lowest BCUT2D eigenvalue weighted by Gasteiger charge is -2.49. The number of cyclic esters (lactones) is 1. The van der Waals surface area contributed by atoms with Gasteiger partial charge in [-0.2, -0.15) is 5.26 Å². The topological polar surface area (TPSA) is 219 Å². The number of carbonyl (C=O) groups is 2. The van der Waals surface area contributed by atoms with Crippen LogP contribution < -0.4 is 5.32 Å². The molecule has 3 aliphatic heterocycles. The zero-order valence-electron chi connectivity index (χ0n) is 35.8. The molecule has 3 rings (SSSR count). The summed E-state index contributed by atoms with van der Waals surface area (Å²) < 4.78 is 44.1. The van der Waals surface area contributed by atoms with Gasteiger partial charge in [-0.1, -0.05) is 20.8 Å². The Morgan fingerprint density at radius 1 is 0.946 bits per heavy atom. The van der Waals surface area contributed by atoms with Crippen LogP contribution in [-0.4, -0.2) is 155 Å². The summed E-state index contributed by atoms with van der Waals surface area (Å²) in [6.07, 6.45) is -9.13. The van der Waals surface area contributed by atoms with Gasteiger partial charge in [0, 0.05) is 51.5 Å². The van der Waals surface area contributed by atoms with Crippen molar-refractivity contribution in [2.75, 3.05) is 27.8 Å². The van der Waals surface area contributed by atoms with E-state index in [9.17, 15) is 35.3 Å². The number of carbonyl (C=O) groups excluding carboxylic acids is 2. The molecule has 56 heavy (non-hydrogen) atoms. The normalized spacial score (nSPS) is 46.3. The molecule has 16 nitrogen and oxygen atoms in total. The molecule has 16 heteroatoms. The molecule has 0 bridgehead atoms. The number of aliphatic hydroxyl groups is 4. The van der Waals surface area contributed by atoms with Gasteiger partial charge in [-0.3, -0.25) is 14.5 Å². The average Bonchev–Trinajstić information content (AvgIpc) is 3.15. The number of nitrogens with one attached hydrogen (secondary N) is 1. The van der Waals surface area contributed by atoms with Crippen molar-refractivity contribution < 1.29 is 63.2 Å². The lowest BCUT2D eigenvalue weighted by molar-refractivity contribution is -0.319. The molecule has 3 fully saturated rings. The van der Waals surface area contributed by atoms with Gasteiger partial charge in [-0.15, -0.1) is 0 Å². The van der Waals surface area contributed by atoms with E-state index in [0.717, 1.165) is 0 Å². The van der Waals surface area contributed by atoms with Crippen molar-refractivity contribution in [3.05, 3.63) is 0 Å². The molecule has 1 amide bonds. The Hall–Kier alpha value is -2.01. The van der Waals surface area contributed by atoms with Gasteiger partial charge in [0.1, 0.15) is 30.0 Å². The SMILES string of the molecule is CC[C@H]1OC(=O)[C@H](C)[C@@H](O[C@H]2C[C@@](C)(OC)[C@@H](O)[C@H](C)O2)[C@H](C)[C@@H](O[C@@H]2O[C@H](C)C[C@H](N(C)CCC#N)[C@H]2O)[C@](C)(OC)C[C@@H](C)C(=O)N[C@H](C)[C@@H](O)[C@]1(C)O. The van der Waals surface area contributed by atoms with Crippen LogP contribution in [0.3, 0.4) is 0 Å². The van der Waals surface area contributed by atoms with Crippen molar-refractivity contribution in [3.8, 4) is 6.07 Å². The maximum absolute atomic E-state index is 14.3. The number of hydrogen-bond acceptors (Lipinski definition) is 15. The first-order chi connectivity index (χ1) is 26.0. The number of esters is 1. The monoisotopic (exact) mass is 801 g/mol. The van der Waals surface area contributed by atoms with Crippen LogP contribution in [0.25, 0.3) is 0 Å². The van der Waals surface area contributed by atoms with Crippen LogP contribution in [0.2, 0.25) is 0 Å². The van der Waals surface area contributed by atoms with Crippen LogP contribution in [0.4, 0.5) is 0 Å². The fraction of sp³-hybridized carbons (Fsp3) is 0.925. The number of amides is 1. The summed E-state index contributed by atoms with van der Waals surface area (Å²) in [7, 11) is 4.81. The zero-order valence-corrected chi connectivity index (χ0v) is 35.8. The highest BCUT2D eigenvalue weighted by atomic mass is 16.7. The number of methoxy groups -OCH3 is 2. The van der Waals surface area contributed by atoms with Crippen LogP contribution in [-0.2, 0) is 42.7 Å². The van der Waals surface area contributed by atoms with Crippen LogP contribution in [0.5, 0.6) is 0 Å². The first-order valence-electron chi connectivity index (χ1n) is 20.1.